The van der Waals surface area contributed by atoms with Crippen molar-refractivity contribution in [1.82, 2.24) is 4.98 Å². The number of halogens is 2. The quantitative estimate of drug-likeness (QED) is 0.847. The first-order valence-electron chi connectivity index (χ1n) is 6.91. The van der Waals surface area contributed by atoms with Crippen molar-refractivity contribution in [3.8, 4) is 17.2 Å². The molecule has 3 rings (SSSR count). The highest BCUT2D eigenvalue weighted by molar-refractivity contribution is 5.99. The van der Waals surface area contributed by atoms with Gasteiger partial charge in [0.2, 0.25) is 11.7 Å². The molecular weight excluding hydrogens is 292 g/mol. The van der Waals surface area contributed by atoms with Crippen LogP contribution in [-0.2, 0) is 6.42 Å². The molecule has 1 aromatic heterocycles. The van der Waals surface area contributed by atoms with Crippen LogP contribution in [0.25, 0.3) is 11.5 Å². The molecule has 0 fully saturated rings. The van der Waals surface area contributed by atoms with Crippen LogP contribution >= 0.6 is 0 Å². The molecule has 1 heterocycles. The molecule has 2 aromatic rings. The molecule has 116 valence electrons. The third-order valence-corrected chi connectivity index (χ3v) is 3.95. The summed E-state index contributed by atoms with van der Waals surface area (Å²) in [5.74, 6) is -2.07. The SMILES string of the molecule is COc1c(F)cc(-c2nc3c(o2)C(=O)C(C)(C)CC3)cc1F. The molecule has 0 radical (unpaired) electrons. The number of hydrogen-bond donors (Lipinski definition) is 0. The Morgan fingerprint density at radius 2 is 1.91 bits per heavy atom. The number of carbonyl (C=O) groups excluding carboxylic acids is 1. The number of hydrogen-bond acceptors (Lipinski definition) is 4. The average Bonchev–Trinajstić information content (AvgIpc) is 2.87. The molecule has 22 heavy (non-hydrogen) atoms. The van der Waals surface area contributed by atoms with Gasteiger partial charge in [0.05, 0.1) is 12.8 Å². The third-order valence-electron chi connectivity index (χ3n) is 3.95. The maximum Gasteiger partial charge on any atom is 0.227 e. The zero-order chi connectivity index (χ0) is 16.1. The van der Waals surface area contributed by atoms with Gasteiger partial charge in [0.25, 0.3) is 0 Å². The van der Waals surface area contributed by atoms with Crippen molar-refractivity contribution >= 4 is 5.78 Å². The summed E-state index contributed by atoms with van der Waals surface area (Å²) < 4.78 is 37.7. The van der Waals surface area contributed by atoms with Crippen molar-refractivity contribution in [3.05, 3.63) is 35.2 Å². The van der Waals surface area contributed by atoms with Crippen molar-refractivity contribution in [3.63, 3.8) is 0 Å². The van der Waals surface area contributed by atoms with Crippen molar-refractivity contribution < 1.29 is 22.7 Å². The van der Waals surface area contributed by atoms with E-state index in [1.807, 2.05) is 13.8 Å². The summed E-state index contributed by atoms with van der Waals surface area (Å²) in [6.07, 6.45) is 1.26. The van der Waals surface area contributed by atoms with Crippen LogP contribution in [0, 0.1) is 17.0 Å². The summed E-state index contributed by atoms with van der Waals surface area (Å²) in [5, 5.41) is 0. The van der Waals surface area contributed by atoms with Gasteiger partial charge in [-0.2, -0.15) is 0 Å². The van der Waals surface area contributed by atoms with Gasteiger partial charge in [-0.3, -0.25) is 4.79 Å². The van der Waals surface area contributed by atoms with E-state index in [0.717, 1.165) is 12.1 Å². The minimum atomic E-state index is -0.847. The van der Waals surface area contributed by atoms with Crippen LogP contribution in [0.2, 0.25) is 0 Å². The highest BCUT2D eigenvalue weighted by Gasteiger charge is 2.38. The Balaban J connectivity index is 2.07. The average molecular weight is 307 g/mol. The Bertz CT molecular complexity index is 742. The lowest BCUT2D eigenvalue weighted by Crippen LogP contribution is -2.29. The molecule has 0 atom stereocenters. The third kappa shape index (κ3) is 2.19. The molecule has 4 nitrogen and oxygen atoms in total. The van der Waals surface area contributed by atoms with E-state index in [1.165, 1.54) is 7.11 Å². The Morgan fingerprint density at radius 3 is 2.50 bits per heavy atom. The number of aromatic nitrogens is 1. The lowest BCUT2D eigenvalue weighted by atomic mass is 9.77. The van der Waals surface area contributed by atoms with Gasteiger partial charge in [-0.25, -0.2) is 13.8 Å². The van der Waals surface area contributed by atoms with Crippen LogP contribution in [0.3, 0.4) is 0 Å². The maximum absolute atomic E-state index is 13.8. The lowest BCUT2D eigenvalue weighted by molar-refractivity contribution is 0.0778. The highest BCUT2D eigenvalue weighted by Crippen LogP contribution is 2.37. The Morgan fingerprint density at radius 1 is 1.27 bits per heavy atom. The Labute approximate surface area is 126 Å². The number of rotatable bonds is 2. The molecule has 0 saturated heterocycles. The first kappa shape index (κ1) is 14.7. The molecule has 0 unspecified atom stereocenters. The number of benzene rings is 1. The molecule has 0 amide bonds. The van der Waals surface area contributed by atoms with Crippen LogP contribution in [0.1, 0.15) is 36.5 Å². The van der Waals surface area contributed by atoms with Gasteiger partial charge in [0.15, 0.2) is 23.1 Å². The second kappa shape index (κ2) is 4.90. The second-order valence-corrected chi connectivity index (χ2v) is 5.98. The van der Waals surface area contributed by atoms with Crippen molar-refractivity contribution in [2.24, 2.45) is 5.41 Å². The summed E-state index contributed by atoms with van der Waals surface area (Å²) in [5.41, 5.74) is 0.159. The van der Waals surface area contributed by atoms with Gasteiger partial charge >= 0.3 is 0 Å². The predicted octanol–water partition coefficient (Wildman–Crippen LogP) is 3.78. The number of oxazole rings is 1. The van der Waals surface area contributed by atoms with Crippen molar-refractivity contribution in [2.75, 3.05) is 7.11 Å². The molecule has 1 aliphatic carbocycles. The van der Waals surface area contributed by atoms with E-state index in [-0.39, 0.29) is 23.0 Å². The van der Waals surface area contributed by atoms with Gasteiger partial charge in [0.1, 0.15) is 0 Å². The van der Waals surface area contributed by atoms with Crippen LogP contribution < -0.4 is 4.74 Å². The minimum Gasteiger partial charge on any atom is -0.491 e. The van der Waals surface area contributed by atoms with E-state index in [2.05, 4.69) is 9.72 Å². The van der Waals surface area contributed by atoms with Crippen molar-refractivity contribution in [1.29, 1.82) is 0 Å². The van der Waals surface area contributed by atoms with Gasteiger partial charge < -0.3 is 9.15 Å². The Hall–Kier alpha value is -2.24. The fraction of sp³-hybridized carbons (Fsp3) is 0.375. The van der Waals surface area contributed by atoms with Crippen molar-refractivity contribution in [2.45, 2.75) is 26.7 Å². The maximum atomic E-state index is 13.8. The molecular formula is C16H15F2NO3. The van der Waals surface area contributed by atoms with E-state index in [4.69, 9.17) is 4.42 Å². The molecule has 1 aliphatic rings. The number of carbonyl (C=O) groups is 1. The normalized spacial score (nSPS) is 16.5. The largest absolute Gasteiger partial charge is 0.491 e. The van der Waals surface area contributed by atoms with Crippen LogP contribution in [0.15, 0.2) is 16.5 Å². The van der Waals surface area contributed by atoms with E-state index in [0.29, 0.717) is 18.5 Å². The molecule has 0 N–H and O–H groups in total. The standard InChI is InChI=1S/C16H15F2NO3/c1-16(2)5-4-11-13(14(16)20)22-15(19-11)8-6-9(17)12(21-3)10(18)7-8/h6-7H,4-5H2,1-3H3. The molecule has 0 spiro atoms. The zero-order valence-corrected chi connectivity index (χ0v) is 12.5. The monoisotopic (exact) mass is 307 g/mol. The molecule has 6 heteroatoms. The summed E-state index contributed by atoms with van der Waals surface area (Å²) >= 11 is 0. The number of Topliss-reactive ketones (excluding diaryl/α,β-unsaturated/α-hetero) is 1. The number of fused-ring (bicyclic) bond motifs is 1. The fourth-order valence-corrected chi connectivity index (χ4v) is 2.55. The first-order chi connectivity index (χ1) is 10.3. The van der Waals surface area contributed by atoms with E-state index < -0.39 is 22.8 Å². The second-order valence-electron chi connectivity index (χ2n) is 5.98. The molecule has 0 bridgehead atoms. The van der Waals surface area contributed by atoms with Gasteiger partial charge in [-0.05, 0) is 25.0 Å². The summed E-state index contributed by atoms with van der Waals surface area (Å²) in [7, 11) is 1.19. The summed E-state index contributed by atoms with van der Waals surface area (Å²) in [6, 6.07) is 2.16. The Kier molecular flexibility index (Phi) is 3.27. The highest BCUT2D eigenvalue weighted by atomic mass is 19.1. The van der Waals surface area contributed by atoms with Crippen LogP contribution in [0.4, 0.5) is 8.78 Å². The van der Waals surface area contributed by atoms with Gasteiger partial charge in [0, 0.05) is 11.0 Å². The van der Waals surface area contributed by atoms with E-state index in [9.17, 15) is 13.6 Å². The predicted molar refractivity (Wildman–Crippen MR) is 74.8 cm³/mol. The van der Waals surface area contributed by atoms with Crippen LogP contribution in [-0.4, -0.2) is 17.9 Å². The summed E-state index contributed by atoms with van der Waals surface area (Å²) in [6.45, 7) is 3.68. The smallest absolute Gasteiger partial charge is 0.227 e. The lowest BCUT2D eigenvalue weighted by Gasteiger charge is -2.25. The topological polar surface area (TPSA) is 52.3 Å². The molecule has 0 saturated carbocycles. The summed E-state index contributed by atoms with van der Waals surface area (Å²) in [4.78, 5) is 16.5. The van der Waals surface area contributed by atoms with Gasteiger partial charge in [-0.1, -0.05) is 13.8 Å². The minimum absolute atomic E-state index is 0.0384. The van der Waals surface area contributed by atoms with Crippen LogP contribution in [0.5, 0.6) is 5.75 Å². The number of ketones is 1. The number of ether oxygens (including phenoxy) is 1. The fourth-order valence-electron chi connectivity index (χ4n) is 2.55. The molecule has 1 aromatic carbocycles. The van der Waals surface area contributed by atoms with E-state index >= 15 is 0 Å². The number of aryl methyl sites for hydroxylation is 1. The van der Waals surface area contributed by atoms with Gasteiger partial charge in [-0.15, -0.1) is 0 Å². The zero-order valence-electron chi connectivity index (χ0n) is 12.5. The number of nitrogens with zero attached hydrogens (tertiary/aromatic N) is 1. The number of methoxy groups -OCH3 is 1. The van der Waals surface area contributed by atoms with E-state index in [1.54, 1.807) is 0 Å². The molecule has 0 aliphatic heterocycles. The first-order valence-corrected chi connectivity index (χ1v) is 6.91.